The zero-order chi connectivity index (χ0) is 32.2. The second-order valence-electron chi connectivity index (χ2n) is 10.5. The van der Waals surface area contributed by atoms with E-state index in [1.165, 1.54) is 0 Å². The number of hydrogen-bond donors (Lipinski definition) is 11. The maximum atomic E-state index is 12.1. The number of aliphatic hydroxyl groups excluding tert-OH is 8. The molecule has 0 spiro atoms. The van der Waals surface area contributed by atoms with E-state index >= 15 is 0 Å². The van der Waals surface area contributed by atoms with Crippen LogP contribution in [0.25, 0.3) is 0 Å². The van der Waals surface area contributed by atoms with Crippen LogP contribution in [0.2, 0.25) is 0 Å². The van der Waals surface area contributed by atoms with Gasteiger partial charge in [0.2, 0.25) is 17.7 Å². The van der Waals surface area contributed by atoms with E-state index in [9.17, 15) is 55.2 Å². The van der Waals surface area contributed by atoms with Gasteiger partial charge in [-0.1, -0.05) is 0 Å². The molecule has 11 N–H and O–H groups in total. The number of ether oxygens (including phenoxy) is 5. The molecule has 3 saturated heterocycles. The summed E-state index contributed by atoms with van der Waals surface area (Å²) in [6, 6.07) is -4.33. The highest BCUT2D eigenvalue weighted by molar-refractivity contribution is 5.74. The third-order valence-electron chi connectivity index (χ3n) is 7.30. The number of aliphatic hydroxyl groups is 8. The second-order valence-corrected chi connectivity index (χ2v) is 10.5. The van der Waals surface area contributed by atoms with Crippen LogP contribution < -0.4 is 16.0 Å². The van der Waals surface area contributed by atoms with Crippen molar-refractivity contribution in [2.24, 2.45) is 0 Å². The summed E-state index contributed by atoms with van der Waals surface area (Å²) < 4.78 is 28.2. The molecule has 3 aliphatic rings. The molecule has 0 bridgehead atoms. The summed E-state index contributed by atoms with van der Waals surface area (Å²) in [5.74, 6) is -1.98. The summed E-state index contributed by atoms with van der Waals surface area (Å²) in [7, 11) is 0. The predicted molar refractivity (Wildman–Crippen MR) is 136 cm³/mol. The van der Waals surface area contributed by atoms with Crippen LogP contribution in [0, 0.1) is 0 Å². The van der Waals surface area contributed by atoms with Crippen LogP contribution in [0.5, 0.6) is 0 Å². The Labute approximate surface area is 245 Å². The molecule has 19 nitrogen and oxygen atoms in total. The van der Waals surface area contributed by atoms with Crippen LogP contribution >= 0.6 is 0 Å². The van der Waals surface area contributed by atoms with Crippen LogP contribution in [-0.2, 0) is 38.1 Å². The van der Waals surface area contributed by atoms with Gasteiger partial charge in [0, 0.05) is 20.8 Å². The highest BCUT2D eigenvalue weighted by Gasteiger charge is 2.54. The molecule has 15 atom stereocenters. The standard InChI is InChI=1S/C24H41N3O16/c1-7(31)25-13-18(36)16(34)10(4-28)40-23(13)42-20-12(6-30)41-24(14(19(20)37)26-8(2)32)43-21-15(27-9(3)33)22(38)39-11(5-29)17(21)35/h10-24,28-30,34-38H,4-6H2,1-3H3,(H,25,31)(H,26,32)(H,27,33)/t10-,11-,12-,13-,14-,15-,16+,17+,18-,19-,20-,21-,22?,23?,24?/m1/s1. The van der Waals surface area contributed by atoms with Gasteiger partial charge < -0.3 is 80.5 Å². The Morgan fingerprint density at radius 3 is 1.47 bits per heavy atom. The summed E-state index contributed by atoms with van der Waals surface area (Å²) in [6.07, 6.45) is -19.1. The number of amides is 3. The van der Waals surface area contributed by atoms with Gasteiger partial charge in [0.05, 0.1) is 19.8 Å². The average molecular weight is 628 g/mol. The molecule has 0 aromatic carbocycles. The number of nitrogens with one attached hydrogen (secondary N) is 3. The van der Waals surface area contributed by atoms with Crippen LogP contribution in [-0.4, -0.2) is 170 Å². The van der Waals surface area contributed by atoms with Gasteiger partial charge in [-0.25, -0.2) is 0 Å². The number of carbonyl (C=O) groups is 3. The minimum atomic E-state index is -1.78. The zero-order valence-corrected chi connectivity index (χ0v) is 23.6. The van der Waals surface area contributed by atoms with E-state index in [0.717, 1.165) is 20.8 Å². The molecule has 0 radical (unpaired) electrons. The molecule has 3 unspecified atom stereocenters. The Bertz CT molecular complexity index is 962. The van der Waals surface area contributed by atoms with Crippen molar-refractivity contribution in [2.45, 2.75) is 113 Å². The molecule has 3 rings (SSSR count). The smallest absolute Gasteiger partial charge is 0.217 e. The number of carbonyl (C=O) groups excluding carboxylic acids is 3. The summed E-state index contributed by atoms with van der Waals surface area (Å²) in [5.41, 5.74) is 0. The third kappa shape index (κ3) is 8.14. The molecule has 43 heavy (non-hydrogen) atoms. The van der Waals surface area contributed by atoms with Crippen LogP contribution in [0.1, 0.15) is 20.8 Å². The molecule has 3 heterocycles. The molecular weight excluding hydrogens is 586 g/mol. The van der Waals surface area contributed by atoms with E-state index in [4.69, 9.17) is 23.7 Å². The molecule has 3 aliphatic heterocycles. The molecule has 0 aromatic heterocycles. The monoisotopic (exact) mass is 627 g/mol. The van der Waals surface area contributed by atoms with Crippen molar-refractivity contribution in [3.63, 3.8) is 0 Å². The van der Waals surface area contributed by atoms with Gasteiger partial charge in [0.1, 0.15) is 73.1 Å². The van der Waals surface area contributed by atoms with E-state index < -0.39 is 129 Å². The fourth-order valence-corrected chi connectivity index (χ4v) is 5.27. The first-order chi connectivity index (χ1) is 20.2. The quantitative estimate of drug-likeness (QED) is 0.107. The topological polar surface area (TPSA) is 295 Å². The minimum absolute atomic E-state index is 0.643. The van der Waals surface area contributed by atoms with Crippen LogP contribution in [0.4, 0.5) is 0 Å². The maximum Gasteiger partial charge on any atom is 0.217 e. The Balaban J connectivity index is 1.92. The lowest BCUT2D eigenvalue weighted by atomic mass is 9.93. The summed E-state index contributed by atoms with van der Waals surface area (Å²) in [6.45, 7) is 0.996. The van der Waals surface area contributed by atoms with E-state index in [1.807, 2.05) is 0 Å². The largest absolute Gasteiger partial charge is 0.394 e. The third-order valence-corrected chi connectivity index (χ3v) is 7.30. The molecule has 0 aromatic rings. The molecule has 0 aliphatic carbocycles. The van der Waals surface area contributed by atoms with Gasteiger partial charge in [-0.3, -0.25) is 14.4 Å². The molecule has 248 valence electrons. The molecule has 3 amide bonds. The molecular formula is C24H41N3O16. The fraction of sp³-hybridized carbons (Fsp3) is 0.875. The van der Waals surface area contributed by atoms with Crippen LogP contribution in [0.15, 0.2) is 0 Å². The number of rotatable bonds is 10. The highest BCUT2D eigenvalue weighted by atomic mass is 16.7. The highest BCUT2D eigenvalue weighted by Crippen LogP contribution is 2.32. The lowest BCUT2D eigenvalue weighted by molar-refractivity contribution is -0.349. The number of hydrogen-bond acceptors (Lipinski definition) is 16. The first-order valence-corrected chi connectivity index (χ1v) is 13.5. The predicted octanol–water partition coefficient (Wildman–Crippen LogP) is -7.14. The van der Waals surface area contributed by atoms with Crippen molar-refractivity contribution in [3.8, 4) is 0 Å². The Kier molecular flexibility index (Phi) is 12.5. The molecule has 19 heteroatoms. The van der Waals surface area contributed by atoms with Crippen molar-refractivity contribution >= 4 is 17.7 Å². The fourth-order valence-electron chi connectivity index (χ4n) is 5.27. The SMILES string of the molecule is CC(=O)N[C@H]1C(O[C@H]2[C@H](O)[C@@H](NC(C)=O)C(O[C@H]3[C@@H](O)[C@@H](CO)OC(O)[C@@H]3NC(C)=O)O[C@@H]2CO)O[C@H](CO)[C@H](O)[C@@H]1O. The van der Waals surface area contributed by atoms with Crippen molar-refractivity contribution in [3.05, 3.63) is 0 Å². The van der Waals surface area contributed by atoms with Crippen molar-refractivity contribution in [1.29, 1.82) is 0 Å². The van der Waals surface area contributed by atoms with Crippen molar-refractivity contribution in [1.82, 2.24) is 16.0 Å². The van der Waals surface area contributed by atoms with Gasteiger partial charge in [0.15, 0.2) is 18.9 Å². The van der Waals surface area contributed by atoms with Crippen molar-refractivity contribution in [2.75, 3.05) is 19.8 Å². The second kappa shape index (κ2) is 15.3. The Morgan fingerprint density at radius 2 is 0.977 bits per heavy atom. The van der Waals surface area contributed by atoms with Gasteiger partial charge in [0.25, 0.3) is 0 Å². The Morgan fingerprint density at radius 1 is 0.558 bits per heavy atom. The minimum Gasteiger partial charge on any atom is -0.394 e. The lowest BCUT2D eigenvalue weighted by Crippen LogP contribution is -2.71. The first kappa shape index (κ1) is 35.4. The summed E-state index contributed by atoms with van der Waals surface area (Å²) in [4.78, 5) is 35.7. The van der Waals surface area contributed by atoms with Gasteiger partial charge in [-0.2, -0.15) is 0 Å². The zero-order valence-electron chi connectivity index (χ0n) is 23.6. The van der Waals surface area contributed by atoms with Crippen LogP contribution in [0.3, 0.4) is 0 Å². The van der Waals surface area contributed by atoms with E-state index in [1.54, 1.807) is 0 Å². The molecule has 3 fully saturated rings. The van der Waals surface area contributed by atoms with E-state index in [2.05, 4.69) is 16.0 Å². The summed E-state index contributed by atoms with van der Waals surface area (Å²) >= 11 is 0. The van der Waals surface area contributed by atoms with Crippen molar-refractivity contribution < 1.29 is 78.9 Å². The van der Waals surface area contributed by atoms with Gasteiger partial charge in [-0.05, 0) is 0 Å². The normalized spacial score (nSPS) is 43.5. The lowest BCUT2D eigenvalue weighted by Gasteiger charge is -2.50. The first-order valence-electron chi connectivity index (χ1n) is 13.5. The van der Waals surface area contributed by atoms with Gasteiger partial charge in [-0.15, -0.1) is 0 Å². The summed E-state index contributed by atoms with van der Waals surface area (Å²) in [5, 5.41) is 90.0. The van der Waals surface area contributed by atoms with E-state index in [-0.39, 0.29) is 0 Å². The Hall–Kier alpha value is -2.11. The average Bonchev–Trinajstić information content (AvgIpc) is 2.94. The van der Waals surface area contributed by atoms with Gasteiger partial charge >= 0.3 is 0 Å². The molecule has 0 saturated carbocycles. The van der Waals surface area contributed by atoms with E-state index in [0.29, 0.717) is 0 Å². The maximum absolute atomic E-state index is 12.1.